The summed E-state index contributed by atoms with van der Waals surface area (Å²) in [7, 11) is 3.72. The molecule has 1 rings (SSSR count). The molecule has 4 heteroatoms. The van der Waals surface area contributed by atoms with E-state index in [1.54, 1.807) is 7.11 Å². The molecule has 0 radical (unpaired) electrons. The van der Waals surface area contributed by atoms with E-state index in [4.69, 9.17) is 9.84 Å². The molecule has 0 saturated heterocycles. The highest BCUT2D eigenvalue weighted by atomic mass is 16.5. The zero-order chi connectivity index (χ0) is 12.7. The average Bonchev–Trinajstić information content (AvgIpc) is 2.28. The maximum Gasteiger partial charge on any atom is 0.307 e. The molecule has 1 aromatic carbocycles. The Morgan fingerprint density at radius 2 is 1.88 bits per heavy atom. The molecule has 0 aliphatic heterocycles. The van der Waals surface area contributed by atoms with Gasteiger partial charge in [-0.05, 0) is 18.2 Å². The van der Waals surface area contributed by atoms with Gasteiger partial charge in [-0.15, -0.1) is 0 Å². The Morgan fingerprint density at radius 3 is 2.41 bits per heavy atom. The van der Waals surface area contributed by atoms with Gasteiger partial charge in [-0.1, -0.05) is 24.3 Å². The topological polar surface area (TPSA) is 49.8 Å². The van der Waals surface area contributed by atoms with Crippen molar-refractivity contribution in [2.75, 3.05) is 27.3 Å². The highest BCUT2D eigenvalue weighted by Crippen LogP contribution is 2.07. The molecule has 0 aliphatic rings. The summed E-state index contributed by atoms with van der Waals surface area (Å²) in [5, 5.41) is 8.66. The number of benzene rings is 1. The Labute approximate surface area is 102 Å². The molecule has 0 unspecified atom stereocenters. The van der Waals surface area contributed by atoms with Gasteiger partial charge in [0.25, 0.3) is 0 Å². The van der Waals surface area contributed by atoms with Crippen molar-refractivity contribution in [1.29, 1.82) is 0 Å². The van der Waals surface area contributed by atoms with Crippen molar-refractivity contribution < 1.29 is 14.6 Å². The van der Waals surface area contributed by atoms with E-state index in [0.29, 0.717) is 6.61 Å². The largest absolute Gasteiger partial charge is 0.481 e. The van der Waals surface area contributed by atoms with Crippen LogP contribution in [0.2, 0.25) is 0 Å². The van der Waals surface area contributed by atoms with Crippen LogP contribution in [0.4, 0.5) is 0 Å². The second-order valence-electron chi connectivity index (χ2n) is 4.12. The zero-order valence-corrected chi connectivity index (χ0v) is 10.3. The Morgan fingerprint density at radius 1 is 1.29 bits per heavy atom. The van der Waals surface area contributed by atoms with Gasteiger partial charge in [0, 0.05) is 20.2 Å². The third-order valence-electron chi connectivity index (χ3n) is 2.51. The van der Waals surface area contributed by atoms with E-state index in [1.807, 2.05) is 31.3 Å². The molecule has 0 heterocycles. The van der Waals surface area contributed by atoms with Gasteiger partial charge in [0.15, 0.2) is 0 Å². The first-order valence-electron chi connectivity index (χ1n) is 5.59. The number of likely N-dealkylation sites (N-methyl/N-ethyl adjacent to an activating group) is 1. The van der Waals surface area contributed by atoms with Crippen LogP contribution in [0.15, 0.2) is 24.3 Å². The van der Waals surface area contributed by atoms with E-state index in [2.05, 4.69) is 4.90 Å². The number of hydrogen-bond acceptors (Lipinski definition) is 3. The lowest BCUT2D eigenvalue weighted by atomic mass is 10.1. The van der Waals surface area contributed by atoms with Crippen LogP contribution in [0.25, 0.3) is 0 Å². The first-order chi connectivity index (χ1) is 8.11. The monoisotopic (exact) mass is 237 g/mol. The van der Waals surface area contributed by atoms with Gasteiger partial charge in [-0.25, -0.2) is 0 Å². The van der Waals surface area contributed by atoms with Crippen LogP contribution in [-0.2, 0) is 22.5 Å². The molecule has 0 bridgehead atoms. The molecule has 1 N–H and O–H groups in total. The van der Waals surface area contributed by atoms with Crippen LogP contribution in [0.3, 0.4) is 0 Å². The van der Waals surface area contributed by atoms with Crippen molar-refractivity contribution in [2.24, 2.45) is 0 Å². The Kier molecular flexibility index (Phi) is 5.66. The van der Waals surface area contributed by atoms with Crippen LogP contribution >= 0.6 is 0 Å². The van der Waals surface area contributed by atoms with E-state index < -0.39 is 5.97 Å². The molecule has 94 valence electrons. The van der Waals surface area contributed by atoms with Crippen LogP contribution in [0, 0.1) is 0 Å². The van der Waals surface area contributed by atoms with E-state index in [0.717, 1.165) is 18.7 Å². The van der Waals surface area contributed by atoms with Crippen molar-refractivity contribution in [3.8, 4) is 0 Å². The number of methoxy groups -OCH3 is 1. The van der Waals surface area contributed by atoms with Gasteiger partial charge in [0.2, 0.25) is 0 Å². The van der Waals surface area contributed by atoms with Gasteiger partial charge in [0.1, 0.15) is 0 Å². The molecular weight excluding hydrogens is 218 g/mol. The molecule has 4 nitrogen and oxygen atoms in total. The van der Waals surface area contributed by atoms with Crippen molar-refractivity contribution in [3.05, 3.63) is 35.4 Å². The molecule has 0 atom stereocenters. The number of carboxylic acids is 1. The fraction of sp³-hybridized carbons (Fsp3) is 0.462. The number of ether oxygens (including phenoxy) is 1. The fourth-order valence-corrected chi connectivity index (χ4v) is 1.57. The summed E-state index contributed by atoms with van der Waals surface area (Å²) < 4.78 is 5.01. The molecule has 0 saturated carbocycles. The molecular formula is C13H19NO3. The molecule has 0 aliphatic carbocycles. The summed E-state index contributed by atoms with van der Waals surface area (Å²) >= 11 is 0. The van der Waals surface area contributed by atoms with Crippen molar-refractivity contribution in [1.82, 2.24) is 4.90 Å². The third-order valence-corrected chi connectivity index (χ3v) is 2.51. The summed E-state index contributed by atoms with van der Waals surface area (Å²) in [5.41, 5.74) is 2.01. The van der Waals surface area contributed by atoms with E-state index in [1.165, 1.54) is 5.56 Å². The second-order valence-corrected chi connectivity index (χ2v) is 4.12. The number of carbonyl (C=O) groups is 1. The predicted molar refractivity (Wildman–Crippen MR) is 66.0 cm³/mol. The molecule has 1 aromatic rings. The van der Waals surface area contributed by atoms with Crippen LogP contribution in [0.5, 0.6) is 0 Å². The highest BCUT2D eigenvalue weighted by molar-refractivity contribution is 5.70. The number of carboxylic acid groups (broad SMARTS) is 1. The Hall–Kier alpha value is -1.39. The van der Waals surface area contributed by atoms with Gasteiger partial charge in [-0.3, -0.25) is 9.69 Å². The van der Waals surface area contributed by atoms with Crippen molar-refractivity contribution in [2.45, 2.75) is 13.0 Å². The minimum absolute atomic E-state index is 0.0831. The third kappa shape index (κ3) is 5.47. The molecule has 0 amide bonds. The Bertz CT molecular complexity index is 348. The van der Waals surface area contributed by atoms with E-state index in [9.17, 15) is 4.79 Å². The van der Waals surface area contributed by atoms with Crippen molar-refractivity contribution >= 4 is 5.97 Å². The number of rotatable bonds is 7. The lowest BCUT2D eigenvalue weighted by Crippen LogP contribution is -2.22. The maximum atomic E-state index is 10.5. The van der Waals surface area contributed by atoms with Gasteiger partial charge >= 0.3 is 5.97 Å². The second kappa shape index (κ2) is 7.04. The lowest BCUT2D eigenvalue weighted by Gasteiger charge is -2.16. The highest BCUT2D eigenvalue weighted by Gasteiger charge is 2.02. The molecule has 17 heavy (non-hydrogen) atoms. The van der Waals surface area contributed by atoms with Crippen LogP contribution in [0.1, 0.15) is 11.1 Å². The van der Waals surface area contributed by atoms with Gasteiger partial charge < -0.3 is 9.84 Å². The summed E-state index contributed by atoms with van der Waals surface area (Å²) in [6.45, 7) is 2.44. The summed E-state index contributed by atoms with van der Waals surface area (Å²) in [4.78, 5) is 12.7. The van der Waals surface area contributed by atoms with E-state index >= 15 is 0 Å². The zero-order valence-electron chi connectivity index (χ0n) is 10.3. The maximum absolute atomic E-state index is 10.5. The summed E-state index contributed by atoms with van der Waals surface area (Å²) in [6.07, 6.45) is 0.0831. The summed E-state index contributed by atoms with van der Waals surface area (Å²) in [5.74, 6) is -0.796. The minimum atomic E-state index is -0.796. The van der Waals surface area contributed by atoms with Gasteiger partial charge in [-0.2, -0.15) is 0 Å². The number of hydrogen-bond donors (Lipinski definition) is 1. The van der Waals surface area contributed by atoms with Crippen LogP contribution < -0.4 is 0 Å². The molecule has 0 aromatic heterocycles. The first kappa shape index (κ1) is 13.7. The quantitative estimate of drug-likeness (QED) is 0.778. The van der Waals surface area contributed by atoms with E-state index in [-0.39, 0.29) is 6.42 Å². The van der Waals surface area contributed by atoms with Gasteiger partial charge in [0.05, 0.1) is 13.0 Å². The Balaban J connectivity index is 2.47. The standard InChI is InChI=1S/C13H19NO3/c1-14(7-8-17-2)10-12-5-3-11(4-6-12)9-13(15)16/h3-6H,7-10H2,1-2H3,(H,15,16). The van der Waals surface area contributed by atoms with Crippen molar-refractivity contribution in [3.63, 3.8) is 0 Å². The average molecular weight is 237 g/mol. The number of aliphatic carboxylic acids is 1. The fourth-order valence-electron chi connectivity index (χ4n) is 1.57. The first-order valence-corrected chi connectivity index (χ1v) is 5.59. The number of nitrogens with zero attached hydrogens (tertiary/aromatic N) is 1. The minimum Gasteiger partial charge on any atom is -0.481 e. The molecule has 0 fully saturated rings. The smallest absolute Gasteiger partial charge is 0.307 e. The molecule has 0 spiro atoms. The normalized spacial score (nSPS) is 10.8. The lowest BCUT2D eigenvalue weighted by molar-refractivity contribution is -0.136. The predicted octanol–water partition coefficient (Wildman–Crippen LogP) is 1.39. The van der Waals surface area contributed by atoms with Crippen LogP contribution in [-0.4, -0.2) is 43.3 Å². The summed E-state index contributed by atoms with van der Waals surface area (Å²) in [6, 6.07) is 7.68. The SMILES string of the molecule is COCCN(C)Cc1ccc(CC(=O)O)cc1.